The minimum atomic E-state index is -0.434. The molecule has 1 aromatic heterocycles. The molecule has 2 N–H and O–H groups in total. The highest BCUT2D eigenvalue weighted by atomic mass is 16.6. The highest BCUT2D eigenvalue weighted by Crippen LogP contribution is 2.33. The van der Waals surface area contributed by atoms with Gasteiger partial charge in [-0.05, 0) is 30.7 Å². The molecular formula is C16H17N6O2+. The molecule has 3 rings (SSSR count). The van der Waals surface area contributed by atoms with Crippen LogP contribution in [0, 0.1) is 17.0 Å². The van der Waals surface area contributed by atoms with Gasteiger partial charge in [0.25, 0.3) is 5.69 Å². The molecule has 0 aliphatic heterocycles. The van der Waals surface area contributed by atoms with E-state index in [0.717, 1.165) is 10.9 Å². The average Bonchev–Trinajstić information content (AvgIpc) is 2.82. The van der Waals surface area contributed by atoms with Crippen LogP contribution in [0.3, 0.4) is 0 Å². The highest BCUT2D eigenvalue weighted by Gasteiger charge is 2.16. The molecule has 0 bridgehead atoms. The van der Waals surface area contributed by atoms with Crippen LogP contribution in [0.1, 0.15) is 5.56 Å². The number of fused-ring (bicyclic) bond motifs is 1. The zero-order valence-electron chi connectivity index (χ0n) is 13.6. The van der Waals surface area contributed by atoms with Gasteiger partial charge in [0.1, 0.15) is 11.2 Å². The van der Waals surface area contributed by atoms with E-state index in [0.29, 0.717) is 22.6 Å². The fourth-order valence-electron chi connectivity index (χ4n) is 2.58. The Hall–Kier alpha value is -3.29. The van der Waals surface area contributed by atoms with Gasteiger partial charge in [-0.1, -0.05) is 0 Å². The van der Waals surface area contributed by atoms with Gasteiger partial charge in [-0.25, -0.2) is 0 Å². The van der Waals surface area contributed by atoms with Crippen LogP contribution in [0.25, 0.3) is 10.9 Å². The molecule has 8 heteroatoms. The van der Waals surface area contributed by atoms with Gasteiger partial charge in [0.15, 0.2) is 7.05 Å². The number of hydrogen-bond donors (Lipinski definition) is 1. The predicted molar refractivity (Wildman–Crippen MR) is 90.5 cm³/mol. The third kappa shape index (κ3) is 2.58. The first-order valence-electron chi connectivity index (χ1n) is 7.29. The van der Waals surface area contributed by atoms with Crippen molar-refractivity contribution in [2.24, 2.45) is 24.3 Å². The monoisotopic (exact) mass is 325 g/mol. The molecule has 24 heavy (non-hydrogen) atoms. The Morgan fingerprint density at radius 2 is 2.00 bits per heavy atom. The zero-order valence-corrected chi connectivity index (χ0v) is 13.6. The van der Waals surface area contributed by atoms with Gasteiger partial charge in [0, 0.05) is 12.1 Å². The van der Waals surface area contributed by atoms with Crippen molar-refractivity contribution >= 4 is 33.7 Å². The van der Waals surface area contributed by atoms with Crippen LogP contribution >= 0.6 is 0 Å². The van der Waals surface area contributed by atoms with Gasteiger partial charge in [-0.2, -0.15) is 9.80 Å². The average molecular weight is 325 g/mol. The van der Waals surface area contributed by atoms with Crippen molar-refractivity contribution in [1.29, 1.82) is 0 Å². The lowest BCUT2D eigenvalue weighted by atomic mass is 10.2. The third-order valence-electron chi connectivity index (χ3n) is 3.99. The summed E-state index contributed by atoms with van der Waals surface area (Å²) in [5.41, 5.74) is 9.31. The van der Waals surface area contributed by atoms with E-state index in [9.17, 15) is 10.1 Å². The van der Waals surface area contributed by atoms with E-state index in [-0.39, 0.29) is 5.69 Å². The van der Waals surface area contributed by atoms with E-state index in [2.05, 4.69) is 10.2 Å². The normalized spacial score (nSPS) is 11.5. The number of aryl methyl sites for hydroxylation is 3. The Morgan fingerprint density at radius 1 is 1.25 bits per heavy atom. The second kappa shape index (κ2) is 5.73. The standard InChI is InChI=1S/C16H16N6O2/c1-10-8-12(22(23)24)5-7-14(10)18-19-15-13(17)6-4-11-9-20(2)21(3)16(11)15/h4-9,17H,1-3H3/p+1. The lowest BCUT2D eigenvalue weighted by Gasteiger charge is -2.02. The van der Waals surface area contributed by atoms with E-state index in [1.54, 1.807) is 19.1 Å². The number of nitrogens with two attached hydrogens (primary N) is 1. The summed E-state index contributed by atoms with van der Waals surface area (Å²) < 4.78 is 3.86. The summed E-state index contributed by atoms with van der Waals surface area (Å²) in [6.07, 6.45) is 1.98. The number of nitro benzene ring substituents is 1. The van der Waals surface area contributed by atoms with E-state index in [1.165, 1.54) is 12.1 Å². The van der Waals surface area contributed by atoms with Crippen LogP contribution in [-0.2, 0) is 14.1 Å². The Morgan fingerprint density at radius 3 is 2.67 bits per heavy atom. The zero-order chi connectivity index (χ0) is 17.4. The SMILES string of the molecule is Cc1cc([N+](=O)[O-])ccc1N=Nc1c(N)ccc2c[n+](C)n(C)c12. The summed E-state index contributed by atoms with van der Waals surface area (Å²) in [4.78, 5) is 10.4. The molecule has 3 aromatic rings. The lowest BCUT2D eigenvalue weighted by molar-refractivity contribution is -0.748. The molecule has 2 aromatic carbocycles. The lowest BCUT2D eigenvalue weighted by Crippen LogP contribution is -2.36. The number of aromatic nitrogens is 2. The van der Waals surface area contributed by atoms with E-state index >= 15 is 0 Å². The Bertz CT molecular complexity index is 990. The number of azo groups is 1. The van der Waals surface area contributed by atoms with Crippen LogP contribution in [0.4, 0.5) is 22.7 Å². The van der Waals surface area contributed by atoms with Crippen LogP contribution in [0.2, 0.25) is 0 Å². The van der Waals surface area contributed by atoms with E-state index in [1.807, 2.05) is 35.7 Å². The number of nitro groups is 1. The largest absolute Gasteiger partial charge is 0.397 e. The Balaban J connectivity index is 2.08. The fraction of sp³-hybridized carbons (Fsp3) is 0.188. The number of hydrogen-bond acceptors (Lipinski definition) is 5. The molecule has 0 atom stereocenters. The molecule has 0 spiro atoms. The van der Waals surface area contributed by atoms with Gasteiger partial charge >= 0.3 is 0 Å². The van der Waals surface area contributed by atoms with Crippen molar-refractivity contribution in [3.8, 4) is 0 Å². The first kappa shape index (κ1) is 15.6. The molecule has 1 heterocycles. The van der Waals surface area contributed by atoms with Gasteiger partial charge in [0.05, 0.1) is 28.7 Å². The summed E-state index contributed by atoms with van der Waals surface area (Å²) >= 11 is 0. The van der Waals surface area contributed by atoms with Crippen molar-refractivity contribution in [3.05, 3.63) is 52.2 Å². The van der Waals surface area contributed by atoms with Gasteiger partial charge in [-0.15, -0.1) is 9.80 Å². The number of benzene rings is 2. The minimum Gasteiger partial charge on any atom is -0.397 e. The van der Waals surface area contributed by atoms with E-state index < -0.39 is 4.92 Å². The highest BCUT2D eigenvalue weighted by molar-refractivity contribution is 5.94. The van der Waals surface area contributed by atoms with Crippen LogP contribution in [0.15, 0.2) is 46.8 Å². The molecule has 0 unspecified atom stereocenters. The molecule has 0 saturated carbocycles. The second-order valence-corrected chi connectivity index (χ2v) is 5.60. The van der Waals surface area contributed by atoms with Crippen molar-refractivity contribution < 1.29 is 9.61 Å². The molecule has 0 radical (unpaired) electrons. The van der Waals surface area contributed by atoms with Crippen LogP contribution in [0.5, 0.6) is 0 Å². The summed E-state index contributed by atoms with van der Waals surface area (Å²) in [5.74, 6) is 0. The number of nitrogen functional groups attached to an aromatic ring is 1. The number of nitrogens with zero attached hydrogens (tertiary/aromatic N) is 5. The smallest absolute Gasteiger partial charge is 0.269 e. The maximum Gasteiger partial charge on any atom is 0.269 e. The molecule has 0 amide bonds. The first-order chi connectivity index (χ1) is 11.4. The summed E-state index contributed by atoms with van der Waals surface area (Å²) in [7, 11) is 3.84. The van der Waals surface area contributed by atoms with E-state index in [4.69, 9.17) is 5.73 Å². The molecular weight excluding hydrogens is 308 g/mol. The molecule has 0 fully saturated rings. The van der Waals surface area contributed by atoms with Crippen molar-refractivity contribution in [2.75, 3.05) is 5.73 Å². The predicted octanol–water partition coefficient (Wildman–Crippen LogP) is 3.22. The summed E-state index contributed by atoms with van der Waals surface area (Å²) in [5, 5.41) is 20.4. The molecule has 0 aliphatic carbocycles. The first-order valence-corrected chi connectivity index (χ1v) is 7.29. The molecule has 0 saturated heterocycles. The summed E-state index contributed by atoms with van der Waals surface area (Å²) in [6.45, 7) is 1.76. The fourth-order valence-corrected chi connectivity index (χ4v) is 2.58. The van der Waals surface area contributed by atoms with Crippen molar-refractivity contribution in [2.45, 2.75) is 6.92 Å². The quantitative estimate of drug-likeness (QED) is 0.263. The maximum atomic E-state index is 10.8. The van der Waals surface area contributed by atoms with Crippen LogP contribution < -0.4 is 10.4 Å². The van der Waals surface area contributed by atoms with Gasteiger partial charge in [-0.3, -0.25) is 10.1 Å². The number of rotatable bonds is 3. The van der Waals surface area contributed by atoms with Crippen molar-refractivity contribution in [3.63, 3.8) is 0 Å². The molecule has 8 nitrogen and oxygen atoms in total. The molecule has 122 valence electrons. The van der Waals surface area contributed by atoms with Gasteiger partial charge < -0.3 is 5.73 Å². The third-order valence-corrected chi connectivity index (χ3v) is 3.99. The van der Waals surface area contributed by atoms with Gasteiger partial charge in [0.2, 0.25) is 6.20 Å². The molecule has 0 aliphatic rings. The number of non-ortho nitro benzene ring substituents is 1. The minimum absolute atomic E-state index is 0.0301. The Kier molecular flexibility index (Phi) is 3.72. The van der Waals surface area contributed by atoms with Crippen molar-refractivity contribution in [1.82, 2.24) is 4.68 Å². The summed E-state index contributed by atoms with van der Waals surface area (Å²) in [6, 6.07) is 8.19. The second-order valence-electron chi connectivity index (χ2n) is 5.60. The van der Waals surface area contributed by atoms with Crippen LogP contribution in [-0.4, -0.2) is 9.61 Å². The number of anilines is 1. The topological polar surface area (TPSA) is 103 Å². The maximum absolute atomic E-state index is 10.8. The Labute approximate surface area is 138 Å².